The first-order valence-electron chi connectivity index (χ1n) is 9.81. The third-order valence-corrected chi connectivity index (χ3v) is 6.70. The maximum Gasteiger partial charge on any atom is 0.312 e. The molecule has 0 radical (unpaired) electrons. The van der Waals surface area contributed by atoms with Crippen LogP contribution in [0.4, 0.5) is 0 Å². The third-order valence-electron chi connectivity index (χ3n) is 6.70. The largest absolute Gasteiger partial charge is 0.465 e. The van der Waals surface area contributed by atoms with Gasteiger partial charge >= 0.3 is 5.97 Å². The standard InChI is InChI=1S/C21H26N2O2/c24-20(21-11-14-8-15(12-21)10-16(9-14)13-21)25-7-3-6-19-22-17-4-1-2-5-18(17)23-19/h1-2,4-5,14-16H,3,6-13H2,(H,22,23). The summed E-state index contributed by atoms with van der Waals surface area (Å²) in [4.78, 5) is 20.7. The molecular formula is C21H26N2O2. The smallest absolute Gasteiger partial charge is 0.312 e. The number of ether oxygens (including phenoxy) is 1. The van der Waals surface area contributed by atoms with Crippen molar-refractivity contribution in [3.8, 4) is 0 Å². The summed E-state index contributed by atoms with van der Waals surface area (Å²) >= 11 is 0. The second-order valence-electron chi connectivity index (χ2n) is 8.64. The molecule has 4 bridgehead atoms. The van der Waals surface area contributed by atoms with E-state index in [2.05, 4.69) is 9.97 Å². The number of rotatable bonds is 5. The van der Waals surface area contributed by atoms with Crippen molar-refractivity contribution in [1.29, 1.82) is 0 Å². The number of esters is 1. The number of H-pyrrole nitrogens is 1. The molecule has 0 saturated heterocycles. The zero-order valence-electron chi connectivity index (χ0n) is 14.7. The molecule has 1 aromatic heterocycles. The van der Waals surface area contributed by atoms with E-state index in [1.165, 1.54) is 19.3 Å². The minimum Gasteiger partial charge on any atom is -0.465 e. The Morgan fingerprint density at radius 3 is 2.48 bits per heavy atom. The maximum absolute atomic E-state index is 12.8. The molecule has 0 aliphatic heterocycles. The number of nitrogens with one attached hydrogen (secondary N) is 1. The number of carbonyl (C=O) groups excluding carboxylic acids is 1. The predicted molar refractivity (Wildman–Crippen MR) is 96.0 cm³/mol. The molecule has 4 aliphatic rings. The van der Waals surface area contributed by atoms with Crippen molar-refractivity contribution < 1.29 is 9.53 Å². The number of carbonyl (C=O) groups is 1. The lowest BCUT2D eigenvalue weighted by atomic mass is 9.49. The maximum atomic E-state index is 12.8. The van der Waals surface area contributed by atoms with Crippen molar-refractivity contribution in [2.75, 3.05) is 6.61 Å². The van der Waals surface area contributed by atoms with Gasteiger partial charge in [0.15, 0.2) is 0 Å². The lowest BCUT2D eigenvalue weighted by molar-refractivity contribution is -0.171. The zero-order valence-corrected chi connectivity index (χ0v) is 14.7. The highest BCUT2D eigenvalue weighted by molar-refractivity contribution is 5.77. The number of imidazole rings is 1. The Hall–Kier alpha value is -1.84. The van der Waals surface area contributed by atoms with Crippen LogP contribution in [0.2, 0.25) is 0 Å². The fourth-order valence-electron chi connectivity index (χ4n) is 6.04. The molecule has 4 saturated carbocycles. The van der Waals surface area contributed by atoms with E-state index >= 15 is 0 Å². The van der Waals surface area contributed by atoms with Crippen LogP contribution in [0.25, 0.3) is 11.0 Å². The second-order valence-corrected chi connectivity index (χ2v) is 8.64. The molecule has 0 unspecified atom stereocenters. The number of benzene rings is 1. The first kappa shape index (κ1) is 15.4. The molecule has 132 valence electrons. The Balaban J connectivity index is 1.16. The van der Waals surface area contributed by atoms with Gasteiger partial charge in [-0.05, 0) is 74.8 Å². The molecule has 25 heavy (non-hydrogen) atoms. The van der Waals surface area contributed by atoms with Gasteiger partial charge in [0.25, 0.3) is 0 Å². The summed E-state index contributed by atoms with van der Waals surface area (Å²) in [6.07, 6.45) is 8.99. The van der Waals surface area contributed by atoms with Crippen LogP contribution >= 0.6 is 0 Å². The molecular weight excluding hydrogens is 312 g/mol. The molecule has 4 fully saturated rings. The van der Waals surface area contributed by atoms with Crippen LogP contribution in [-0.2, 0) is 16.0 Å². The van der Waals surface area contributed by atoms with E-state index in [1.54, 1.807) is 0 Å². The second kappa shape index (κ2) is 5.86. The highest BCUT2D eigenvalue weighted by atomic mass is 16.5. The average Bonchev–Trinajstić information content (AvgIpc) is 3.00. The van der Waals surface area contributed by atoms with Crippen molar-refractivity contribution in [2.45, 2.75) is 51.4 Å². The van der Waals surface area contributed by atoms with Gasteiger partial charge in [0, 0.05) is 6.42 Å². The topological polar surface area (TPSA) is 55.0 Å². The summed E-state index contributed by atoms with van der Waals surface area (Å²) in [5.41, 5.74) is 1.94. The van der Waals surface area contributed by atoms with Gasteiger partial charge in [0.05, 0.1) is 23.1 Å². The molecule has 0 spiro atoms. The van der Waals surface area contributed by atoms with Crippen LogP contribution in [0.1, 0.15) is 50.8 Å². The van der Waals surface area contributed by atoms with Crippen molar-refractivity contribution in [1.82, 2.24) is 9.97 Å². The van der Waals surface area contributed by atoms with Crippen LogP contribution in [-0.4, -0.2) is 22.5 Å². The Kier molecular flexibility index (Phi) is 3.61. The Morgan fingerprint density at radius 1 is 1.12 bits per heavy atom. The highest BCUT2D eigenvalue weighted by Gasteiger charge is 2.55. The number of para-hydroxylation sites is 2. The molecule has 1 heterocycles. The van der Waals surface area contributed by atoms with Gasteiger partial charge < -0.3 is 9.72 Å². The molecule has 6 rings (SSSR count). The number of aromatic nitrogens is 2. The number of aromatic amines is 1. The summed E-state index contributed by atoms with van der Waals surface area (Å²) in [7, 11) is 0. The summed E-state index contributed by atoms with van der Waals surface area (Å²) in [5.74, 6) is 3.43. The van der Waals surface area contributed by atoms with E-state index in [1.807, 2.05) is 24.3 Å². The van der Waals surface area contributed by atoms with Crippen molar-refractivity contribution in [3.63, 3.8) is 0 Å². The fraction of sp³-hybridized carbons (Fsp3) is 0.619. The Bertz CT molecular complexity index is 726. The normalized spacial score (nSPS) is 33.0. The van der Waals surface area contributed by atoms with E-state index < -0.39 is 0 Å². The number of fused-ring (bicyclic) bond motifs is 1. The molecule has 1 N–H and O–H groups in total. The number of hydrogen-bond acceptors (Lipinski definition) is 3. The van der Waals surface area contributed by atoms with Gasteiger partial charge in [-0.25, -0.2) is 4.98 Å². The van der Waals surface area contributed by atoms with Crippen molar-refractivity contribution in [2.24, 2.45) is 23.2 Å². The Morgan fingerprint density at radius 2 is 1.80 bits per heavy atom. The summed E-state index contributed by atoms with van der Waals surface area (Å²) in [5, 5.41) is 0. The van der Waals surface area contributed by atoms with Gasteiger partial charge in [-0.1, -0.05) is 12.1 Å². The van der Waals surface area contributed by atoms with Gasteiger partial charge in [-0.2, -0.15) is 0 Å². The molecule has 1 aromatic carbocycles. The van der Waals surface area contributed by atoms with Crippen molar-refractivity contribution >= 4 is 17.0 Å². The van der Waals surface area contributed by atoms with Gasteiger partial charge in [-0.15, -0.1) is 0 Å². The van der Waals surface area contributed by atoms with E-state index in [-0.39, 0.29) is 11.4 Å². The quantitative estimate of drug-likeness (QED) is 0.655. The lowest BCUT2D eigenvalue weighted by Gasteiger charge is -2.55. The third kappa shape index (κ3) is 2.76. The molecule has 4 aliphatic carbocycles. The van der Waals surface area contributed by atoms with Crippen LogP contribution < -0.4 is 0 Å². The van der Waals surface area contributed by atoms with Crippen LogP contribution in [0.15, 0.2) is 24.3 Å². The summed E-state index contributed by atoms with van der Waals surface area (Å²) < 4.78 is 5.74. The number of hydrogen-bond donors (Lipinski definition) is 1. The van der Waals surface area contributed by atoms with Crippen molar-refractivity contribution in [3.05, 3.63) is 30.1 Å². The van der Waals surface area contributed by atoms with E-state index in [9.17, 15) is 4.79 Å². The molecule has 0 atom stereocenters. The SMILES string of the molecule is O=C(OCCCc1nc2ccccc2[nH]1)C12CC3CC(CC(C3)C1)C2. The van der Waals surface area contributed by atoms with E-state index in [0.29, 0.717) is 6.61 Å². The monoisotopic (exact) mass is 338 g/mol. The molecule has 0 amide bonds. The first-order chi connectivity index (χ1) is 12.2. The molecule has 4 heteroatoms. The number of nitrogens with zero attached hydrogens (tertiary/aromatic N) is 1. The zero-order chi connectivity index (χ0) is 16.9. The van der Waals surface area contributed by atoms with Gasteiger partial charge in [0.2, 0.25) is 0 Å². The van der Waals surface area contributed by atoms with Gasteiger partial charge in [0.1, 0.15) is 5.82 Å². The van der Waals surface area contributed by atoms with Crippen LogP contribution in [0.5, 0.6) is 0 Å². The van der Waals surface area contributed by atoms with E-state index in [0.717, 1.165) is 66.7 Å². The predicted octanol–water partition coefficient (Wildman–Crippen LogP) is 4.26. The van der Waals surface area contributed by atoms with Gasteiger partial charge in [-0.3, -0.25) is 4.79 Å². The summed E-state index contributed by atoms with van der Waals surface area (Å²) in [6, 6.07) is 8.07. The van der Waals surface area contributed by atoms with E-state index in [4.69, 9.17) is 4.74 Å². The van der Waals surface area contributed by atoms with Crippen LogP contribution in [0, 0.1) is 23.2 Å². The molecule has 2 aromatic rings. The van der Waals surface area contributed by atoms with Crippen LogP contribution in [0.3, 0.4) is 0 Å². The minimum atomic E-state index is -0.131. The first-order valence-corrected chi connectivity index (χ1v) is 9.81. The summed E-state index contributed by atoms with van der Waals surface area (Å²) in [6.45, 7) is 0.512. The highest BCUT2D eigenvalue weighted by Crippen LogP contribution is 2.60. The Labute approximate surface area is 148 Å². The number of aryl methyl sites for hydroxylation is 1. The fourth-order valence-corrected chi connectivity index (χ4v) is 6.04. The molecule has 4 nitrogen and oxygen atoms in total. The minimum absolute atomic E-state index is 0.0937. The lowest BCUT2D eigenvalue weighted by Crippen LogP contribution is -2.50. The average molecular weight is 338 g/mol.